The number of nitriles is 2. The lowest BCUT2D eigenvalue weighted by Crippen LogP contribution is -2.34. The van der Waals surface area contributed by atoms with E-state index in [0.29, 0.717) is 0 Å². The Kier molecular flexibility index (Phi) is 6.45. The van der Waals surface area contributed by atoms with Gasteiger partial charge in [-0.25, -0.2) is 0 Å². The molecule has 0 bridgehead atoms. The van der Waals surface area contributed by atoms with Crippen molar-refractivity contribution in [2.24, 2.45) is 0 Å². The molecule has 1 aromatic rings. The number of nitrogens with zero attached hydrogens (tertiary/aromatic N) is 3. The van der Waals surface area contributed by atoms with Gasteiger partial charge in [-0.2, -0.15) is 10.5 Å². The Morgan fingerprint density at radius 2 is 1.37 bits per heavy atom. The van der Waals surface area contributed by atoms with Gasteiger partial charge in [0, 0.05) is 18.8 Å². The molecule has 0 atom stereocenters. The summed E-state index contributed by atoms with van der Waals surface area (Å²) in [5, 5.41) is 17.2. The van der Waals surface area contributed by atoms with E-state index < -0.39 is 0 Å². The molecule has 0 saturated carbocycles. The predicted molar refractivity (Wildman–Crippen MR) is 111 cm³/mol. The molecule has 0 fully saturated rings. The highest BCUT2D eigenvalue weighted by molar-refractivity contribution is 5.68. The molecule has 3 rings (SSSR count). The second kappa shape index (κ2) is 9.41. The number of rotatable bonds is 5. The Labute approximate surface area is 161 Å². The zero-order valence-electron chi connectivity index (χ0n) is 15.4. The highest BCUT2D eigenvalue weighted by atomic mass is 15.1. The summed E-state index contributed by atoms with van der Waals surface area (Å²) in [6.07, 6.45) is 21.9. The summed E-state index contributed by atoms with van der Waals surface area (Å²) in [7, 11) is 0. The van der Waals surface area contributed by atoms with E-state index in [1.807, 2.05) is 36.4 Å². The van der Waals surface area contributed by atoms with Crippen molar-refractivity contribution in [3.63, 3.8) is 0 Å². The fourth-order valence-corrected chi connectivity index (χ4v) is 3.67. The van der Waals surface area contributed by atoms with Gasteiger partial charge in [-0.1, -0.05) is 48.6 Å². The van der Waals surface area contributed by atoms with E-state index in [9.17, 15) is 0 Å². The van der Waals surface area contributed by atoms with Crippen LogP contribution in [0.15, 0.2) is 66.3 Å². The molecule has 0 saturated heterocycles. The molecule has 3 nitrogen and oxygen atoms in total. The summed E-state index contributed by atoms with van der Waals surface area (Å²) >= 11 is 0. The summed E-state index contributed by atoms with van der Waals surface area (Å²) < 4.78 is 0. The van der Waals surface area contributed by atoms with E-state index in [4.69, 9.17) is 10.5 Å². The first-order valence-electron chi connectivity index (χ1n) is 9.41. The second-order valence-electron chi connectivity index (χ2n) is 6.70. The number of allylic oxidation sites excluding steroid dienone is 9. The largest absolute Gasteiger partial charge is 0.371 e. The first kappa shape index (κ1) is 18.5. The lowest BCUT2D eigenvalue weighted by molar-refractivity contribution is 0.634. The van der Waals surface area contributed by atoms with E-state index in [1.165, 1.54) is 67.2 Å². The summed E-state index contributed by atoms with van der Waals surface area (Å²) in [4.78, 5) is 2.56. The number of anilines is 1. The zero-order valence-corrected chi connectivity index (χ0v) is 15.4. The zero-order chi connectivity index (χ0) is 18.9. The van der Waals surface area contributed by atoms with Gasteiger partial charge in [-0.05, 0) is 60.6 Å². The van der Waals surface area contributed by atoms with Crippen molar-refractivity contribution in [1.29, 1.82) is 10.5 Å². The molecule has 2 aliphatic rings. The van der Waals surface area contributed by atoms with Gasteiger partial charge in [-0.15, -0.1) is 0 Å². The van der Waals surface area contributed by atoms with Gasteiger partial charge in [0.1, 0.15) is 17.7 Å². The predicted octanol–water partition coefficient (Wildman–Crippen LogP) is 5.04. The van der Waals surface area contributed by atoms with E-state index >= 15 is 0 Å². The van der Waals surface area contributed by atoms with E-state index in [0.717, 1.165) is 0 Å². The highest BCUT2D eigenvalue weighted by Crippen LogP contribution is 2.36. The maximum atomic E-state index is 8.62. The van der Waals surface area contributed by atoms with Gasteiger partial charge < -0.3 is 4.90 Å². The van der Waals surface area contributed by atoms with Crippen molar-refractivity contribution in [2.75, 3.05) is 18.0 Å². The van der Waals surface area contributed by atoms with Crippen LogP contribution in [0.3, 0.4) is 0 Å². The minimum Gasteiger partial charge on any atom is -0.371 e. The molecular weight excluding hydrogens is 330 g/mol. The van der Waals surface area contributed by atoms with Crippen LogP contribution in [0, 0.1) is 22.7 Å². The Morgan fingerprint density at radius 3 is 1.96 bits per heavy atom. The molecule has 3 heteroatoms. The van der Waals surface area contributed by atoms with Crippen LogP contribution in [-0.2, 0) is 12.8 Å². The lowest BCUT2D eigenvalue weighted by Gasteiger charge is -2.37. The average Bonchev–Trinajstić information content (AvgIpc) is 2.70. The first-order chi connectivity index (χ1) is 13.3. The van der Waals surface area contributed by atoms with Crippen LogP contribution in [0.25, 0.3) is 6.08 Å². The topological polar surface area (TPSA) is 50.8 Å². The third-order valence-corrected chi connectivity index (χ3v) is 4.81. The molecule has 1 aromatic carbocycles. The van der Waals surface area contributed by atoms with Crippen molar-refractivity contribution >= 4 is 11.8 Å². The summed E-state index contributed by atoms with van der Waals surface area (Å²) in [5.74, 6) is 0. The SMILES string of the molecule is N#CC(C#N)=C/C=C/C=C/C=C/C=C/c1cc2c3c(c1)CCCN3CCC2. The first-order valence-corrected chi connectivity index (χ1v) is 9.41. The number of hydrogen-bond donors (Lipinski definition) is 0. The van der Waals surface area contributed by atoms with Crippen LogP contribution in [0.4, 0.5) is 5.69 Å². The van der Waals surface area contributed by atoms with Gasteiger partial charge in [0.15, 0.2) is 0 Å². The molecule has 0 aromatic heterocycles. The molecule has 2 heterocycles. The molecule has 134 valence electrons. The van der Waals surface area contributed by atoms with Crippen molar-refractivity contribution in [3.05, 3.63) is 83.0 Å². The molecule has 0 radical (unpaired) electrons. The highest BCUT2D eigenvalue weighted by Gasteiger charge is 2.23. The van der Waals surface area contributed by atoms with Crippen LogP contribution in [0.2, 0.25) is 0 Å². The summed E-state index contributed by atoms with van der Waals surface area (Å²) in [5.41, 5.74) is 5.92. The third-order valence-electron chi connectivity index (χ3n) is 4.81. The van der Waals surface area contributed by atoms with Gasteiger partial charge in [0.25, 0.3) is 0 Å². The quantitative estimate of drug-likeness (QED) is 0.550. The Morgan fingerprint density at radius 1 is 0.815 bits per heavy atom. The monoisotopic (exact) mass is 353 g/mol. The second-order valence-corrected chi connectivity index (χ2v) is 6.70. The Bertz CT molecular complexity index is 867. The molecule has 0 aliphatic carbocycles. The third kappa shape index (κ3) is 4.87. The molecule has 27 heavy (non-hydrogen) atoms. The van der Waals surface area contributed by atoms with E-state index in [-0.39, 0.29) is 5.57 Å². The normalized spacial score (nSPS) is 16.0. The van der Waals surface area contributed by atoms with Crippen LogP contribution in [0.1, 0.15) is 29.5 Å². The lowest BCUT2D eigenvalue weighted by atomic mass is 9.90. The fraction of sp³-hybridized carbons (Fsp3) is 0.250. The number of aryl methyl sites for hydroxylation is 2. The molecule has 0 amide bonds. The number of hydrogen-bond acceptors (Lipinski definition) is 3. The fourth-order valence-electron chi connectivity index (χ4n) is 3.67. The van der Waals surface area contributed by atoms with Gasteiger partial charge >= 0.3 is 0 Å². The van der Waals surface area contributed by atoms with Crippen LogP contribution < -0.4 is 4.90 Å². The Balaban J connectivity index is 1.59. The smallest absolute Gasteiger partial charge is 0.129 e. The van der Waals surface area contributed by atoms with Gasteiger partial charge in [0.2, 0.25) is 0 Å². The van der Waals surface area contributed by atoms with Crippen LogP contribution in [0.5, 0.6) is 0 Å². The van der Waals surface area contributed by atoms with Gasteiger partial charge in [-0.3, -0.25) is 0 Å². The number of benzene rings is 1. The minimum absolute atomic E-state index is 0.102. The summed E-state index contributed by atoms with van der Waals surface area (Å²) in [6.45, 7) is 2.42. The van der Waals surface area contributed by atoms with Crippen molar-refractivity contribution in [1.82, 2.24) is 0 Å². The van der Waals surface area contributed by atoms with E-state index in [1.54, 1.807) is 12.2 Å². The van der Waals surface area contributed by atoms with Crippen molar-refractivity contribution < 1.29 is 0 Å². The van der Waals surface area contributed by atoms with Crippen molar-refractivity contribution in [2.45, 2.75) is 25.7 Å². The maximum Gasteiger partial charge on any atom is 0.129 e. The van der Waals surface area contributed by atoms with E-state index in [2.05, 4.69) is 29.2 Å². The molecular formula is C24H23N3. The van der Waals surface area contributed by atoms with Crippen LogP contribution in [-0.4, -0.2) is 13.1 Å². The summed E-state index contributed by atoms with van der Waals surface area (Å²) in [6, 6.07) is 8.32. The molecule has 0 spiro atoms. The Hall–Kier alpha value is -3.30. The minimum atomic E-state index is 0.102. The standard InChI is InChI=1S/C24H23N3/c25-18-21(19-26)11-7-5-3-1-2-4-6-10-20-16-22-12-8-14-27-15-9-13-23(17-20)24(22)27/h1-7,10-11,16-17H,8-9,12-15H2/b3-1+,4-2+,7-5+,10-6+. The molecule has 0 unspecified atom stereocenters. The molecule has 2 aliphatic heterocycles. The maximum absolute atomic E-state index is 8.62. The molecule has 0 N–H and O–H groups in total. The van der Waals surface area contributed by atoms with Crippen LogP contribution >= 0.6 is 0 Å². The average molecular weight is 353 g/mol. The van der Waals surface area contributed by atoms with Crippen molar-refractivity contribution in [3.8, 4) is 12.1 Å². The van der Waals surface area contributed by atoms with Gasteiger partial charge in [0.05, 0.1) is 0 Å².